The first-order valence-electron chi connectivity index (χ1n) is 8.45. The molecule has 0 spiro atoms. The summed E-state index contributed by atoms with van der Waals surface area (Å²) in [6.45, 7) is 6.10. The van der Waals surface area contributed by atoms with Crippen molar-refractivity contribution in [2.45, 2.75) is 26.1 Å². The van der Waals surface area contributed by atoms with E-state index < -0.39 is 0 Å². The Kier molecular flexibility index (Phi) is 3.94. The van der Waals surface area contributed by atoms with E-state index in [4.69, 9.17) is 4.74 Å². The smallest absolute Gasteiger partial charge is 0.156 e. The minimum Gasteiger partial charge on any atom is -0.366 e. The highest BCUT2D eigenvalue weighted by Gasteiger charge is 2.31. The molecule has 1 aromatic carbocycles. The van der Waals surface area contributed by atoms with Gasteiger partial charge in [-0.2, -0.15) is 0 Å². The molecule has 2 atom stereocenters. The third-order valence-electron chi connectivity index (χ3n) is 4.66. The zero-order valence-electron chi connectivity index (χ0n) is 14.0. The Morgan fingerprint density at radius 1 is 1.12 bits per heavy atom. The van der Waals surface area contributed by atoms with Gasteiger partial charge in [-0.05, 0) is 11.5 Å². The average Bonchev–Trinajstić information content (AvgIpc) is 3.10. The van der Waals surface area contributed by atoms with Crippen LogP contribution in [0.25, 0.3) is 5.65 Å². The second-order valence-electron chi connectivity index (χ2n) is 6.64. The van der Waals surface area contributed by atoms with Gasteiger partial charge in [-0.25, -0.2) is 4.98 Å². The highest BCUT2D eigenvalue weighted by molar-refractivity contribution is 5.49. The number of ether oxygens (including phenoxy) is 1. The van der Waals surface area contributed by atoms with Crippen molar-refractivity contribution in [3.05, 3.63) is 60.7 Å². The van der Waals surface area contributed by atoms with Gasteiger partial charge in [0, 0.05) is 25.5 Å². The van der Waals surface area contributed by atoms with Crippen LogP contribution >= 0.6 is 0 Å². The van der Waals surface area contributed by atoms with Gasteiger partial charge in [0.15, 0.2) is 5.65 Å². The number of fused-ring (bicyclic) bond motifs is 1. The Balaban J connectivity index is 1.70. The number of rotatable bonds is 3. The number of nitrogens with zero attached hydrogens (tertiary/aromatic N) is 4. The molecule has 0 saturated carbocycles. The Hall–Kier alpha value is -2.40. The number of morpholine rings is 1. The quantitative estimate of drug-likeness (QED) is 0.742. The van der Waals surface area contributed by atoms with Gasteiger partial charge in [-0.3, -0.25) is 9.38 Å². The molecule has 1 aliphatic heterocycles. The van der Waals surface area contributed by atoms with Crippen LogP contribution in [0, 0.1) is 5.92 Å². The Morgan fingerprint density at radius 3 is 2.75 bits per heavy atom. The highest BCUT2D eigenvalue weighted by Crippen LogP contribution is 2.31. The first-order valence-corrected chi connectivity index (χ1v) is 8.45. The summed E-state index contributed by atoms with van der Waals surface area (Å²) < 4.78 is 8.49. The molecule has 1 saturated heterocycles. The lowest BCUT2D eigenvalue weighted by Gasteiger charge is -2.41. The van der Waals surface area contributed by atoms with E-state index in [1.165, 1.54) is 5.56 Å². The number of imidazole rings is 1. The maximum Gasteiger partial charge on any atom is 0.156 e. The van der Waals surface area contributed by atoms with Crippen molar-refractivity contribution in [3.63, 3.8) is 0 Å². The van der Waals surface area contributed by atoms with Crippen LogP contribution in [-0.2, 0) is 4.74 Å². The third-order valence-corrected chi connectivity index (χ3v) is 4.66. The Morgan fingerprint density at radius 2 is 1.96 bits per heavy atom. The topological polar surface area (TPSA) is 42.7 Å². The van der Waals surface area contributed by atoms with E-state index in [0.717, 1.165) is 24.6 Å². The van der Waals surface area contributed by atoms with Crippen molar-refractivity contribution in [1.29, 1.82) is 0 Å². The van der Waals surface area contributed by atoms with Crippen molar-refractivity contribution < 1.29 is 4.74 Å². The Labute approximate surface area is 141 Å². The summed E-state index contributed by atoms with van der Waals surface area (Å²) in [6, 6.07) is 10.5. The van der Waals surface area contributed by atoms with E-state index in [0.29, 0.717) is 5.92 Å². The summed E-state index contributed by atoms with van der Waals surface area (Å²) in [5, 5.41) is 0. The van der Waals surface area contributed by atoms with Gasteiger partial charge in [0.25, 0.3) is 0 Å². The van der Waals surface area contributed by atoms with Gasteiger partial charge >= 0.3 is 0 Å². The molecule has 124 valence electrons. The maximum atomic E-state index is 6.39. The average molecular weight is 322 g/mol. The molecule has 2 aromatic heterocycles. The molecule has 4 rings (SSSR count). The lowest BCUT2D eigenvalue weighted by molar-refractivity contribution is -0.0501. The second-order valence-corrected chi connectivity index (χ2v) is 6.64. The fourth-order valence-corrected chi connectivity index (χ4v) is 3.27. The zero-order chi connectivity index (χ0) is 16.5. The number of aromatic nitrogens is 3. The molecule has 0 radical (unpaired) electrons. The van der Waals surface area contributed by atoms with Crippen LogP contribution in [-0.4, -0.2) is 33.6 Å². The van der Waals surface area contributed by atoms with Crippen LogP contribution in [0.5, 0.6) is 0 Å². The van der Waals surface area contributed by atoms with Crippen LogP contribution < -0.4 is 4.90 Å². The van der Waals surface area contributed by atoms with Gasteiger partial charge in [0.05, 0.1) is 18.5 Å². The standard InChI is InChI=1S/C19H22N4O/c1-14(2)16-12-22(13-17(24-16)15-6-4-3-5-7-15)19-11-20-10-18-21-8-9-23(18)19/h3-11,14,16-17H,12-13H2,1-2H3/t16-,17+/m1/s1. The van der Waals surface area contributed by atoms with Gasteiger partial charge < -0.3 is 9.64 Å². The van der Waals surface area contributed by atoms with Crippen molar-refractivity contribution in [2.75, 3.05) is 18.0 Å². The predicted molar refractivity (Wildman–Crippen MR) is 94.1 cm³/mol. The van der Waals surface area contributed by atoms with E-state index in [1.54, 1.807) is 6.20 Å². The van der Waals surface area contributed by atoms with E-state index in [-0.39, 0.29) is 12.2 Å². The number of hydrogen-bond donors (Lipinski definition) is 0. The molecule has 5 nitrogen and oxygen atoms in total. The molecule has 1 fully saturated rings. The minimum atomic E-state index is 0.0612. The summed E-state index contributed by atoms with van der Waals surface area (Å²) in [4.78, 5) is 11.1. The molecule has 0 bridgehead atoms. The van der Waals surface area contributed by atoms with Crippen molar-refractivity contribution in [1.82, 2.24) is 14.4 Å². The van der Waals surface area contributed by atoms with Crippen molar-refractivity contribution in [3.8, 4) is 0 Å². The number of anilines is 1. The molecule has 0 N–H and O–H groups in total. The molecule has 0 unspecified atom stereocenters. The van der Waals surface area contributed by atoms with E-state index >= 15 is 0 Å². The largest absolute Gasteiger partial charge is 0.366 e. The maximum absolute atomic E-state index is 6.39. The van der Waals surface area contributed by atoms with Gasteiger partial charge in [0.1, 0.15) is 11.9 Å². The Bertz CT molecular complexity index is 814. The summed E-state index contributed by atoms with van der Waals surface area (Å²) in [6.07, 6.45) is 7.76. The highest BCUT2D eigenvalue weighted by atomic mass is 16.5. The molecule has 0 amide bonds. The first kappa shape index (κ1) is 15.1. The molecule has 3 aromatic rings. The predicted octanol–water partition coefficient (Wildman–Crippen LogP) is 3.33. The normalized spacial score (nSPS) is 21.5. The summed E-state index contributed by atoms with van der Waals surface area (Å²) >= 11 is 0. The zero-order valence-corrected chi connectivity index (χ0v) is 14.0. The molecule has 1 aliphatic rings. The summed E-state index contributed by atoms with van der Waals surface area (Å²) in [5.41, 5.74) is 2.09. The fourth-order valence-electron chi connectivity index (χ4n) is 3.27. The number of hydrogen-bond acceptors (Lipinski definition) is 4. The van der Waals surface area contributed by atoms with Crippen LogP contribution in [0.1, 0.15) is 25.5 Å². The lowest BCUT2D eigenvalue weighted by atomic mass is 10.0. The van der Waals surface area contributed by atoms with Crippen LogP contribution in [0.3, 0.4) is 0 Å². The number of benzene rings is 1. The molecular weight excluding hydrogens is 300 g/mol. The van der Waals surface area contributed by atoms with Gasteiger partial charge in [-0.1, -0.05) is 44.2 Å². The monoisotopic (exact) mass is 322 g/mol. The van der Waals surface area contributed by atoms with Crippen molar-refractivity contribution in [2.24, 2.45) is 5.92 Å². The molecule has 3 heterocycles. The molecular formula is C19H22N4O. The minimum absolute atomic E-state index is 0.0612. The third kappa shape index (κ3) is 2.76. The van der Waals surface area contributed by atoms with Gasteiger partial charge in [0.2, 0.25) is 0 Å². The second kappa shape index (κ2) is 6.24. The van der Waals surface area contributed by atoms with Crippen LogP contribution in [0.4, 0.5) is 5.82 Å². The molecule has 24 heavy (non-hydrogen) atoms. The fraction of sp³-hybridized carbons (Fsp3) is 0.368. The van der Waals surface area contributed by atoms with Crippen LogP contribution in [0.15, 0.2) is 55.1 Å². The van der Waals surface area contributed by atoms with Gasteiger partial charge in [-0.15, -0.1) is 0 Å². The van der Waals surface area contributed by atoms with Crippen molar-refractivity contribution >= 4 is 11.5 Å². The SMILES string of the molecule is CC(C)[C@H]1CN(c2cncc3nccn23)C[C@@H](c2ccccc2)O1. The summed E-state index contributed by atoms with van der Waals surface area (Å²) in [7, 11) is 0. The van der Waals surface area contributed by atoms with E-state index in [9.17, 15) is 0 Å². The van der Waals surface area contributed by atoms with E-state index in [1.807, 2.05) is 24.7 Å². The molecule has 5 heteroatoms. The summed E-state index contributed by atoms with van der Waals surface area (Å²) in [5.74, 6) is 1.52. The molecule has 0 aliphatic carbocycles. The van der Waals surface area contributed by atoms with E-state index in [2.05, 4.69) is 57.4 Å². The van der Waals surface area contributed by atoms with Crippen LogP contribution in [0.2, 0.25) is 0 Å². The lowest BCUT2D eigenvalue weighted by Crippen LogP contribution is -2.46. The first-order chi connectivity index (χ1) is 11.7.